The highest BCUT2D eigenvalue weighted by atomic mass is 19.1. The minimum atomic E-state index is -0.393. The second-order valence-corrected chi connectivity index (χ2v) is 4.75. The molecule has 0 fully saturated rings. The number of H-pyrrole nitrogens is 1. The molecule has 0 bridgehead atoms. The van der Waals surface area contributed by atoms with Crippen LogP contribution in [0, 0.1) is 12.7 Å². The van der Waals surface area contributed by atoms with Gasteiger partial charge in [0.15, 0.2) is 0 Å². The normalized spacial score (nSPS) is 10.8. The summed E-state index contributed by atoms with van der Waals surface area (Å²) >= 11 is 0. The third-order valence-corrected chi connectivity index (χ3v) is 3.24. The monoisotopic (exact) mass is 284 g/mol. The SMILES string of the molecule is Cc1ccc(F)cc1-n1c(Cc2cccnc2)n[nH]c1=O. The van der Waals surface area contributed by atoms with Gasteiger partial charge in [-0.15, -0.1) is 0 Å². The maximum atomic E-state index is 13.5. The zero-order chi connectivity index (χ0) is 14.8. The molecule has 2 aromatic heterocycles. The van der Waals surface area contributed by atoms with Crippen molar-refractivity contribution < 1.29 is 4.39 Å². The van der Waals surface area contributed by atoms with E-state index in [2.05, 4.69) is 15.2 Å². The first-order chi connectivity index (χ1) is 10.1. The van der Waals surface area contributed by atoms with Crippen LogP contribution in [0.25, 0.3) is 5.69 Å². The predicted molar refractivity (Wildman–Crippen MR) is 75.9 cm³/mol. The number of hydrogen-bond donors (Lipinski definition) is 1. The summed E-state index contributed by atoms with van der Waals surface area (Å²) in [6, 6.07) is 8.05. The molecule has 0 saturated heterocycles. The molecule has 1 aromatic carbocycles. The lowest BCUT2D eigenvalue weighted by Gasteiger charge is -2.09. The maximum absolute atomic E-state index is 13.5. The highest BCUT2D eigenvalue weighted by molar-refractivity contribution is 5.41. The van der Waals surface area contributed by atoms with E-state index in [0.717, 1.165) is 11.1 Å². The van der Waals surface area contributed by atoms with Crippen molar-refractivity contribution in [2.45, 2.75) is 13.3 Å². The van der Waals surface area contributed by atoms with Gasteiger partial charge in [-0.05, 0) is 36.2 Å². The fourth-order valence-electron chi connectivity index (χ4n) is 2.21. The minimum Gasteiger partial charge on any atom is -0.264 e. The van der Waals surface area contributed by atoms with E-state index in [1.165, 1.54) is 16.7 Å². The van der Waals surface area contributed by atoms with E-state index in [0.29, 0.717) is 17.9 Å². The highest BCUT2D eigenvalue weighted by Crippen LogP contribution is 2.16. The first kappa shape index (κ1) is 13.2. The first-order valence-corrected chi connectivity index (χ1v) is 6.47. The van der Waals surface area contributed by atoms with Crippen LogP contribution in [-0.2, 0) is 6.42 Å². The average molecular weight is 284 g/mol. The van der Waals surface area contributed by atoms with Crippen LogP contribution in [0.2, 0.25) is 0 Å². The van der Waals surface area contributed by atoms with Crippen LogP contribution in [0.3, 0.4) is 0 Å². The number of aryl methyl sites for hydroxylation is 1. The van der Waals surface area contributed by atoms with Gasteiger partial charge in [-0.25, -0.2) is 18.9 Å². The molecule has 0 radical (unpaired) electrons. The third kappa shape index (κ3) is 2.60. The van der Waals surface area contributed by atoms with Crippen LogP contribution in [0.4, 0.5) is 4.39 Å². The molecule has 0 aliphatic rings. The van der Waals surface area contributed by atoms with Crippen LogP contribution in [0.15, 0.2) is 47.5 Å². The molecular formula is C15H13FN4O. The van der Waals surface area contributed by atoms with Gasteiger partial charge in [0, 0.05) is 18.8 Å². The Morgan fingerprint density at radius 1 is 1.33 bits per heavy atom. The van der Waals surface area contributed by atoms with E-state index in [9.17, 15) is 9.18 Å². The second-order valence-electron chi connectivity index (χ2n) is 4.75. The quantitative estimate of drug-likeness (QED) is 0.800. The van der Waals surface area contributed by atoms with Gasteiger partial charge >= 0.3 is 5.69 Å². The van der Waals surface area contributed by atoms with Crippen LogP contribution in [-0.4, -0.2) is 19.7 Å². The van der Waals surface area contributed by atoms with Crippen molar-refractivity contribution in [3.05, 3.63) is 76.0 Å². The molecular weight excluding hydrogens is 271 g/mol. The molecule has 1 N–H and O–H groups in total. The molecule has 0 amide bonds. The van der Waals surface area contributed by atoms with Gasteiger partial charge in [-0.3, -0.25) is 4.98 Å². The molecule has 0 atom stereocenters. The molecule has 2 heterocycles. The Balaban J connectivity index is 2.09. The van der Waals surface area contributed by atoms with E-state index in [1.807, 2.05) is 19.1 Å². The van der Waals surface area contributed by atoms with Crippen LogP contribution >= 0.6 is 0 Å². The fourth-order valence-corrected chi connectivity index (χ4v) is 2.21. The number of halogens is 1. The van der Waals surface area contributed by atoms with Crippen LogP contribution in [0.1, 0.15) is 17.0 Å². The van der Waals surface area contributed by atoms with Crippen LogP contribution < -0.4 is 5.69 Å². The van der Waals surface area contributed by atoms with Gasteiger partial charge in [-0.1, -0.05) is 12.1 Å². The predicted octanol–water partition coefficient (Wildman–Crippen LogP) is 1.99. The maximum Gasteiger partial charge on any atom is 0.347 e. The summed E-state index contributed by atoms with van der Waals surface area (Å²) in [7, 11) is 0. The first-order valence-electron chi connectivity index (χ1n) is 6.47. The van der Waals surface area contributed by atoms with Gasteiger partial charge in [0.05, 0.1) is 5.69 Å². The minimum absolute atomic E-state index is 0.386. The Labute approximate surface area is 120 Å². The molecule has 21 heavy (non-hydrogen) atoms. The Bertz CT molecular complexity index is 823. The molecule has 0 saturated carbocycles. The fraction of sp³-hybridized carbons (Fsp3) is 0.133. The number of nitrogens with one attached hydrogen (secondary N) is 1. The molecule has 3 rings (SSSR count). The van der Waals surface area contributed by atoms with Gasteiger partial charge in [0.1, 0.15) is 11.6 Å². The van der Waals surface area contributed by atoms with Gasteiger partial charge in [0.25, 0.3) is 0 Å². The average Bonchev–Trinajstić information content (AvgIpc) is 2.84. The number of rotatable bonds is 3. The number of pyridine rings is 1. The zero-order valence-electron chi connectivity index (χ0n) is 11.4. The Morgan fingerprint density at radius 2 is 2.19 bits per heavy atom. The standard InChI is InChI=1S/C15H13FN4O/c1-10-4-5-12(16)8-13(10)20-14(18-19-15(20)21)7-11-3-2-6-17-9-11/h2-6,8-9H,7H2,1H3,(H,19,21). The lowest BCUT2D eigenvalue weighted by Crippen LogP contribution is -2.18. The van der Waals surface area contributed by atoms with E-state index in [4.69, 9.17) is 0 Å². The summed E-state index contributed by atoms with van der Waals surface area (Å²) in [6.07, 6.45) is 3.82. The van der Waals surface area contributed by atoms with Crippen molar-refractivity contribution in [2.24, 2.45) is 0 Å². The van der Waals surface area contributed by atoms with Crippen LogP contribution in [0.5, 0.6) is 0 Å². The Morgan fingerprint density at radius 3 is 2.95 bits per heavy atom. The molecule has 6 heteroatoms. The second kappa shape index (κ2) is 5.32. The number of nitrogens with zero attached hydrogens (tertiary/aromatic N) is 3. The molecule has 0 aliphatic carbocycles. The van der Waals surface area contributed by atoms with Gasteiger partial charge < -0.3 is 0 Å². The lowest BCUT2D eigenvalue weighted by molar-refractivity contribution is 0.625. The summed E-state index contributed by atoms with van der Waals surface area (Å²) in [6.45, 7) is 1.82. The summed E-state index contributed by atoms with van der Waals surface area (Å²) < 4.78 is 14.9. The number of benzene rings is 1. The van der Waals surface area contributed by atoms with E-state index in [1.54, 1.807) is 18.5 Å². The van der Waals surface area contributed by atoms with Gasteiger partial charge in [-0.2, -0.15) is 5.10 Å². The number of aromatic amines is 1. The molecule has 3 aromatic rings. The topological polar surface area (TPSA) is 63.6 Å². The van der Waals surface area contributed by atoms with Crippen molar-refractivity contribution in [3.8, 4) is 5.69 Å². The van der Waals surface area contributed by atoms with Crippen molar-refractivity contribution in [2.75, 3.05) is 0 Å². The summed E-state index contributed by atoms with van der Waals surface area (Å²) in [5, 5.41) is 6.45. The molecule has 106 valence electrons. The summed E-state index contributed by atoms with van der Waals surface area (Å²) in [5.74, 6) is 0.123. The van der Waals surface area contributed by atoms with E-state index >= 15 is 0 Å². The third-order valence-electron chi connectivity index (χ3n) is 3.24. The van der Waals surface area contributed by atoms with Crippen molar-refractivity contribution in [1.29, 1.82) is 0 Å². The molecule has 5 nitrogen and oxygen atoms in total. The Kier molecular flexibility index (Phi) is 3.35. The largest absolute Gasteiger partial charge is 0.347 e. The molecule has 0 aliphatic heterocycles. The molecule has 0 unspecified atom stereocenters. The summed E-state index contributed by atoms with van der Waals surface area (Å²) in [4.78, 5) is 16.0. The molecule has 0 spiro atoms. The van der Waals surface area contributed by atoms with Gasteiger partial charge in [0.2, 0.25) is 0 Å². The zero-order valence-corrected chi connectivity index (χ0v) is 11.4. The lowest BCUT2D eigenvalue weighted by atomic mass is 10.1. The summed E-state index contributed by atoms with van der Waals surface area (Å²) in [5.41, 5.74) is 1.83. The van der Waals surface area contributed by atoms with Crippen molar-refractivity contribution in [1.82, 2.24) is 19.7 Å². The van der Waals surface area contributed by atoms with E-state index in [-0.39, 0.29) is 5.69 Å². The smallest absolute Gasteiger partial charge is 0.264 e. The number of hydrogen-bond acceptors (Lipinski definition) is 3. The van der Waals surface area contributed by atoms with Crippen molar-refractivity contribution in [3.63, 3.8) is 0 Å². The number of aromatic nitrogens is 4. The van der Waals surface area contributed by atoms with Crippen molar-refractivity contribution >= 4 is 0 Å². The Hall–Kier alpha value is -2.76. The highest BCUT2D eigenvalue weighted by Gasteiger charge is 2.13. The van der Waals surface area contributed by atoms with E-state index < -0.39 is 5.82 Å².